The molecule has 1 N–H and O–H groups in total. The summed E-state index contributed by atoms with van der Waals surface area (Å²) in [6.45, 7) is 0.268. The van der Waals surface area contributed by atoms with Crippen molar-refractivity contribution < 1.29 is 14.3 Å². The maximum atomic E-state index is 13.6. The molecular weight excluding hydrogens is 486 g/mol. The predicted molar refractivity (Wildman–Crippen MR) is 143 cm³/mol. The van der Waals surface area contributed by atoms with Crippen LogP contribution in [0.25, 0.3) is 5.57 Å². The van der Waals surface area contributed by atoms with Crippen molar-refractivity contribution in [1.82, 2.24) is 0 Å². The lowest BCUT2D eigenvalue weighted by Crippen LogP contribution is -2.27. The first-order chi connectivity index (χ1) is 18.0. The Kier molecular flexibility index (Phi) is 6.71. The number of halogens is 1. The van der Waals surface area contributed by atoms with Crippen molar-refractivity contribution in [2.45, 2.75) is 6.54 Å². The topological polar surface area (TPSA) is 82.4 Å². The fourth-order valence-corrected chi connectivity index (χ4v) is 4.26. The molecule has 0 saturated heterocycles. The van der Waals surface area contributed by atoms with Crippen LogP contribution in [0.4, 0.5) is 11.4 Å². The largest absolute Gasteiger partial charge is 0.455 e. The Morgan fingerprint density at radius 3 is 2.32 bits per heavy atom. The number of hydrogen-bond donors (Lipinski definition) is 1. The Labute approximate surface area is 219 Å². The number of benzene rings is 4. The molecule has 0 radical (unpaired) electrons. The third kappa shape index (κ3) is 4.94. The van der Waals surface area contributed by atoms with Crippen molar-refractivity contribution in [3.8, 4) is 17.6 Å². The number of nitriles is 1. The van der Waals surface area contributed by atoms with E-state index in [1.807, 2.05) is 42.5 Å². The van der Waals surface area contributed by atoms with Gasteiger partial charge in [0.1, 0.15) is 17.4 Å². The lowest BCUT2D eigenvalue weighted by atomic mass is 10.0. The summed E-state index contributed by atoms with van der Waals surface area (Å²) in [4.78, 5) is 28.5. The molecule has 1 heterocycles. The standard InChI is InChI=1S/C30H20ClN3O3/c31-21-16-14-20(15-17-21)19-34-26-12-6-4-10-23(26)28(30(34)36)24(18-32)29(35)33-25-11-5-7-13-27(25)37-22-8-2-1-3-9-22/h1-17H,19H2,(H,33,35). The average molecular weight is 506 g/mol. The molecule has 1 aliphatic rings. The van der Waals surface area contributed by atoms with Crippen LogP contribution < -0.4 is 15.0 Å². The van der Waals surface area contributed by atoms with Crippen LogP contribution in [-0.4, -0.2) is 11.8 Å². The van der Waals surface area contributed by atoms with Crippen LogP contribution >= 0.6 is 11.6 Å². The first-order valence-electron chi connectivity index (χ1n) is 11.5. The highest BCUT2D eigenvalue weighted by Crippen LogP contribution is 2.40. The lowest BCUT2D eigenvalue weighted by Gasteiger charge is -2.17. The van der Waals surface area contributed by atoms with Crippen molar-refractivity contribution in [2.75, 3.05) is 10.2 Å². The number of nitrogens with one attached hydrogen (secondary N) is 1. The molecule has 1 aliphatic heterocycles. The Hall–Kier alpha value is -4.86. The Balaban J connectivity index is 1.48. The van der Waals surface area contributed by atoms with Crippen LogP contribution in [0.1, 0.15) is 11.1 Å². The van der Waals surface area contributed by atoms with Gasteiger partial charge in [0.15, 0.2) is 5.75 Å². The summed E-state index contributed by atoms with van der Waals surface area (Å²) in [6.07, 6.45) is 0. The van der Waals surface area contributed by atoms with Gasteiger partial charge in [-0.3, -0.25) is 9.59 Å². The summed E-state index contributed by atoms with van der Waals surface area (Å²) in [6, 6.07) is 32.3. The molecule has 0 aliphatic carbocycles. The van der Waals surface area contributed by atoms with Crippen LogP contribution in [0.15, 0.2) is 109 Å². The number of amides is 2. The van der Waals surface area contributed by atoms with Crippen LogP contribution in [0, 0.1) is 11.3 Å². The minimum absolute atomic E-state index is 0.0611. The zero-order chi connectivity index (χ0) is 25.8. The van der Waals surface area contributed by atoms with E-state index in [9.17, 15) is 14.9 Å². The van der Waals surface area contributed by atoms with Gasteiger partial charge in [-0.15, -0.1) is 0 Å². The summed E-state index contributed by atoms with van der Waals surface area (Å²) >= 11 is 6.00. The van der Waals surface area contributed by atoms with Gasteiger partial charge < -0.3 is 15.0 Å². The summed E-state index contributed by atoms with van der Waals surface area (Å²) in [7, 11) is 0. The van der Waals surface area contributed by atoms with Gasteiger partial charge in [-0.05, 0) is 48.0 Å². The van der Waals surface area contributed by atoms with Gasteiger partial charge in [-0.1, -0.05) is 72.3 Å². The Morgan fingerprint density at radius 1 is 0.892 bits per heavy atom. The molecule has 5 rings (SSSR count). The number of nitrogens with zero attached hydrogens (tertiary/aromatic N) is 2. The van der Waals surface area contributed by atoms with Gasteiger partial charge in [0.2, 0.25) is 0 Å². The molecule has 0 unspecified atom stereocenters. The second kappa shape index (κ2) is 10.4. The highest BCUT2D eigenvalue weighted by Gasteiger charge is 2.36. The number of para-hydroxylation sites is 4. The minimum Gasteiger partial charge on any atom is -0.455 e. The van der Waals surface area contributed by atoms with E-state index in [-0.39, 0.29) is 17.7 Å². The molecule has 180 valence electrons. The maximum Gasteiger partial charge on any atom is 0.267 e. The van der Waals surface area contributed by atoms with E-state index in [1.165, 1.54) is 0 Å². The SMILES string of the molecule is N#CC(C(=O)Nc1ccccc1Oc1ccccc1)=C1C(=O)N(Cc2ccc(Cl)cc2)c2ccccc21. The monoisotopic (exact) mass is 505 g/mol. The molecule has 0 spiro atoms. The predicted octanol–water partition coefficient (Wildman–Crippen LogP) is 6.59. The second-order valence-corrected chi connectivity index (χ2v) is 8.70. The summed E-state index contributed by atoms with van der Waals surface area (Å²) in [5, 5.41) is 13.3. The van der Waals surface area contributed by atoms with Crippen LogP contribution in [0.3, 0.4) is 0 Å². The maximum absolute atomic E-state index is 13.6. The third-order valence-corrected chi connectivity index (χ3v) is 6.12. The van der Waals surface area contributed by atoms with Crippen molar-refractivity contribution in [1.29, 1.82) is 5.26 Å². The molecular formula is C30H20ClN3O3. The Morgan fingerprint density at radius 2 is 1.57 bits per heavy atom. The van der Waals surface area contributed by atoms with E-state index in [2.05, 4.69) is 5.32 Å². The molecule has 4 aromatic carbocycles. The molecule has 6 nitrogen and oxygen atoms in total. The normalized spacial score (nSPS) is 13.5. The van der Waals surface area contributed by atoms with Crippen LogP contribution in [0.2, 0.25) is 5.02 Å². The highest BCUT2D eigenvalue weighted by atomic mass is 35.5. The van der Waals surface area contributed by atoms with E-state index in [0.29, 0.717) is 33.5 Å². The van der Waals surface area contributed by atoms with E-state index in [0.717, 1.165) is 5.56 Å². The molecule has 0 saturated carbocycles. The molecule has 37 heavy (non-hydrogen) atoms. The lowest BCUT2D eigenvalue weighted by molar-refractivity contribution is -0.114. The van der Waals surface area contributed by atoms with Crippen molar-refractivity contribution >= 4 is 40.4 Å². The van der Waals surface area contributed by atoms with E-state index >= 15 is 0 Å². The number of ether oxygens (including phenoxy) is 1. The van der Waals surface area contributed by atoms with E-state index in [1.54, 1.807) is 71.6 Å². The first-order valence-corrected chi connectivity index (χ1v) is 11.9. The zero-order valence-corrected chi connectivity index (χ0v) is 20.3. The number of carbonyl (C=O) groups is 2. The van der Waals surface area contributed by atoms with Gasteiger partial charge in [-0.2, -0.15) is 5.26 Å². The number of fused-ring (bicyclic) bond motifs is 1. The smallest absolute Gasteiger partial charge is 0.267 e. The fraction of sp³-hybridized carbons (Fsp3) is 0.0333. The summed E-state index contributed by atoms with van der Waals surface area (Å²) in [5.74, 6) is -0.109. The molecule has 4 aromatic rings. The van der Waals surface area contributed by atoms with Gasteiger partial charge in [0.05, 0.1) is 23.5 Å². The second-order valence-electron chi connectivity index (χ2n) is 8.26. The van der Waals surface area contributed by atoms with Crippen molar-refractivity contribution in [3.05, 3.63) is 125 Å². The number of anilines is 2. The fourth-order valence-electron chi connectivity index (χ4n) is 4.13. The van der Waals surface area contributed by atoms with Crippen molar-refractivity contribution in [2.24, 2.45) is 0 Å². The van der Waals surface area contributed by atoms with Crippen LogP contribution in [0.5, 0.6) is 11.5 Å². The molecule has 2 amide bonds. The van der Waals surface area contributed by atoms with Crippen molar-refractivity contribution in [3.63, 3.8) is 0 Å². The number of carbonyl (C=O) groups excluding carboxylic acids is 2. The quantitative estimate of drug-likeness (QED) is 0.236. The molecule has 0 atom stereocenters. The van der Waals surface area contributed by atoms with Gasteiger partial charge in [0, 0.05) is 10.6 Å². The molecule has 0 fully saturated rings. The van der Waals surface area contributed by atoms with E-state index in [4.69, 9.17) is 16.3 Å². The molecule has 0 aromatic heterocycles. The molecule has 7 heteroatoms. The van der Waals surface area contributed by atoms with Gasteiger partial charge in [-0.25, -0.2) is 0 Å². The summed E-state index contributed by atoms with van der Waals surface area (Å²) in [5.41, 5.74) is 2.19. The highest BCUT2D eigenvalue weighted by molar-refractivity contribution is 6.37. The van der Waals surface area contributed by atoms with Gasteiger partial charge >= 0.3 is 0 Å². The number of rotatable bonds is 6. The van der Waals surface area contributed by atoms with Crippen LogP contribution in [-0.2, 0) is 16.1 Å². The minimum atomic E-state index is -0.696. The molecule has 0 bridgehead atoms. The average Bonchev–Trinajstić information content (AvgIpc) is 3.19. The van der Waals surface area contributed by atoms with E-state index < -0.39 is 11.8 Å². The Bertz CT molecular complexity index is 1560. The number of hydrogen-bond acceptors (Lipinski definition) is 4. The summed E-state index contributed by atoms with van der Waals surface area (Å²) < 4.78 is 5.92. The first kappa shape index (κ1) is 23.9. The third-order valence-electron chi connectivity index (χ3n) is 5.87. The van der Waals surface area contributed by atoms with Gasteiger partial charge in [0.25, 0.3) is 11.8 Å². The zero-order valence-electron chi connectivity index (χ0n) is 19.5.